The van der Waals surface area contributed by atoms with Crippen LogP contribution in [0.4, 0.5) is 0 Å². The molecule has 0 spiro atoms. The summed E-state index contributed by atoms with van der Waals surface area (Å²) in [6.07, 6.45) is 2.48. The molecule has 0 saturated heterocycles. The molecule has 2 aromatic carbocycles. The maximum absolute atomic E-state index is 13.0. The molecule has 0 aliphatic heterocycles. The summed E-state index contributed by atoms with van der Waals surface area (Å²) >= 11 is 0. The number of ether oxygens (including phenoxy) is 2. The van der Waals surface area contributed by atoms with Crippen molar-refractivity contribution >= 4 is 30.9 Å². The van der Waals surface area contributed by atoms with Crippen LogP contribution in [0, 0.1) is 0 Å². The number of pyridine rings is 1. The van der Waals surface area contributed by atoms with Crippen molar-refractivity contribution in [1.29, 1.82) is 0 Å². The van der Waals surface area contributed by atoms with Crippen LogP contribution in [-0.2, 0) is 36.5 Å². The van der Waals surface area contributed by atoms with E-state index < -0.39 is 20.0 Å². The fourth-order valence-electron chi connectivity index (χ4n) is 2.89. The molecule has 0 saturated carbocycles. The van der Waals surface area contributed by atoms with Gasteiger partial charge in [0.05, 0.1) is 38.4 Å². The topological polar surface area (TPSA) is 109 Å². The average Bonchev–Trinajstić information content (AvgIpc) is 2.70. The normalized spacial score (nSPS) is 12.1. The summed E-state index contributed by atoms with van der Waals surface area (Å²) in [5, 5.41) is 0.676. The minimum Gasteiger partial charge on any atom is -0.497 e. The van der Waals surface area contributed by atoms with E-state index in [0.717, 1.165) is 6.26 Å². The van der Waals surface area contributed by atoms with E-state index in [4.69, 9.17) is 13.7 Å². The average molecular weight is 452 g/mol. The molecule has 8 nitrogen and oxygen atoms in total. The minimum atomic E-state index is -3.75. The lowest BCUT2D eigenvalue weighted by Gasteiger charge is -2.12. The van der Waals surface area contributed by atoms with E-state index in [1.54, 1.807) is 36.4 Å². The molecule has 10 heteroatoms. The highest BCUT2D eigenvalue weighted by Gasteiger charge is 2.22. The summed E-state index contributed by atoms with van der Waals surface area (Å²) in [5.41, 5.74) is 1.76. The fourth-order valence-corrected chi connectivity index (χ4v) is 4.75. The first kappa shape index (κ1) is 22.0. The van der Waals surface area contributed by atoms with E-state index in [1.807, 2.05) is 0 Å². The molecular weight excluding hydrogens is 430 g/mol. The summed E-state index contributed by atoms with van der Waals surface area (Å²) in [4.78, 5) is 4.33. The number of rotatable bonds is 8. The van der Waals surface area contributed by atoms with Gasteiger partial charge in [-0.3, -0.25) is 9.17 Å². The first-order chi connectivity index (χ1) is 14.1. The molecule has 0 radical (unpaired) electrons. The maximum atomic E-state index is 13.0. The van der Waals surface area contributed by atoms with Gasteiger partial charge in [-0.05, 0) is 41.5 Å². The number of hydrogen-bond acceptors (Lipinski definition) is 8. The lowest BCUT2D eigenvalue weighted by atomic mass is 10.1. The molecular formula is C20H21NO7S2. The van der Waals surface area contributed by atoms with Crippen molar-refractivity contribution in [2.45, 2.75) is 17.3 Å². The number of sulfone groups is 1. The quantitative estimate of drug-likeness (QED) is 0.481. The van der Waals surface area contributed by atoms with Crippen LogP contribution < -0.4 is 9.47 Å². The predicted molar refractivity (Wildman–Crippen MR) is 112 cm³/mol. The molecule has 160 valence electrons. The van der Waals surface area contributed by atoms with E-state index in [9.17, 15) is 16.8 Å². The molecule has 0 aliphatic rings. The lowest BCUT2D eigenvalue weighted by molar-refractivity contribution is 0.312. The predicted octanol–water partition coefficient (Wildman–Crippen LogP) is 2.70. The number of benzene rings is 2. The molecule has 0 amide bonds. The third-order valence-corrected chi connectivity index (χ3v) is 6.55. The first-order valence-electron chi connectivity index (χ1n) is 8.78. The molecule has 3 aromatic rings. The Kier molecular flexibility index (Phi) is 6.30. The Morgan fingerprint density at radius 2 is 1.63 bits per heavy atom. The molecule has 30 heavy (non-hydrogen) atoms. The Morgan fingerprint density at radius 3 is 2.30 bits per heavy atom. The van der Waals surface area contributed by atoms with Crippen molar-refractivity contribution < 1.29 is 30.5 Å². The van der Waals surface area contributed by atoms with Gasteiger partial charge >= 0.3 is 0 Å². The van der Waals surface area contributed by atoms with Crippen LogP contribution in [0.25, 0.3) is 10.9 Å². The van der Waals surface area contributed by atoms with Gasteiger partial charge in [0.2, 0.25) is 0 Å². The zero-order valence-corrected chi connectivity index (χ0v) is 18.3. The van der Waals surface area contributed by atoms with Gasteiger partial charge in [-0.15, -0.1) is 0 Å². The Morgan fingerprint density at radius 1 is 0.900 bits per heavy atom. The monoisotopic (exact) mass is 451 g/mol. The molecule has 0 atom stereocenters. The highest BCUT2D eigenvalue weighted by molar-refractivity contribution is 7.90. The van der Waals surface area contributed by atoms with Gasteiger partial charge in [0.1, 0.15) is 16.4 Å². The number of hydrogen-bond donors (Lipinski definition) is 0. The summed E-state index contributed by atoms with van der Waals surface area (Å²) in [5.74, 6) is 0.343. The van der Waals surface area contributed by atoms with Gasteiger partial charge in [-0.1, -0.05) is 6.07 Å². The fraction of sp³-hybridized carbons (Fsp3) is 0.250. The molecule has 0 N–H and O–H groups in total. The van der Waals surface area contributed by atoms with E-state index >= 15 is 0 Å². The Balaban J connectivity index is 1.93. The Labute approximate surface area is 175 Å². The second-order valence-corrected chi connectivity index (χ2v) is 10.2. The highest BCUT2D eigenvalue weighted by atomic mass is 32.2. The van der Waals surface area contributed by atoms with Crippen LogP contribution in [0.5, 0.6) is 11.5 Å². The molecule has 0 bridgehead atoms. The summed E-state index contributed by atoms with van der Waals surface area (Å²) in [6.45, 7) is -0.113. The molecule has 0 unspecified atom stereocenters. The third kappa shape index (κ3) is 5.26. The van der Waals surface area contributed by atoms with Crippen molar-refractivity contribution in [3.05, 3.63) is 59.8 Å². The summed E-state index contributed by atoms with van der Waals surface area (Å²) in [7, 11) is -4.46. The van der Waals surface area contributed by atoms with Crippen LogP contribution in [0.1, 0.15) is 11.1 Å². The van der Waals surface area contributed by atoms with Crippen molar-refractivity contribution in [3.8, 4) is 11.5 Å². The smallest absolute Gasteiger partial charge is 0.264 e. The van der Waals surface area contributed by atoms with Crippen LogP contribution in [0.2, 0.25) is 0 Å². The minimum absolute atomic E-state index is 0.0275. The molecule has 1 aromatic heterocycles. The van der Waals surface area contributed by atoms with Crippen molar-refractivity contribution in [1.82, 2.24) is 4.98 Å². The molecule has 1 heterocycles. The van der Waals surface area contributed by atoms with Gasteiger partial charge in [0.15, 0.2) is 9.84 Å². The first-order valence-corrected chi connectivity index (χ1v) is 12.2. The molecule has 3 rings (SSSR count). The summed E-state index contributed by atoms with van der Waals surface area (Å²) in [6, 6.07) is 11.4. The van der Waals surface area contributed by atoms with Crippen molar-refractivity contribution in [3.63, 3.8) is 0 Å². The number of nitrogens with zero attached hydrogens (tertiary/aromatic N) is 1. The number of methoxy groups -OCH3 is 2. The molecule has 0 aliphatic carbocycles. The van der Waals surface area contributed by atoms with Crippen LogP contribution in [-0.4, -0.2) is 42.3 Å². The van der Waals surface area contributed by atoms with E-state index in [0.29, 0.717) is 27.8 Å². The maximum Gasteiger partial charge on any atom is 0.264 e. The Hall–Kier alpha value is -2.69. The molecule has 0 fully saturated rings. The van der Waals surface area contributed by atoms with Gasteiger partial charge in [0.25, 0.3) is 10.1 Å². The van der Waals surface area contributed by atoms with E-state index in [1.165, 1.54) is 26.5 Å². The Bertz CT molecular complexity index is 1290. The van der Waals surface area contributed by atoms with Gasteiger partial charge in [-0.25, -0.2) is 8.42 Å². The van der Waals surface area contributed by atoms with Gasteiger partial charge < -0.3 is 9.47 Å². The van der Waals surface area contributed by atoms with Crippen LogP contribution in [0.3, 0.4) is 0 Å². The van der Waals surface area contributed by atoms with Gasteiger partial charge in [0, 0.05) is 17.6 Å². The largest absolute Gasteiger partial charge is 0.497 e. The second-order valence-electron chi connectivity index (χ2n) is 6.61. The summed E-state index contributed by atoms with van der Waals surface area (Å²) < 4.78 is 63.5. The van der Waals surface area contributed by atoms with Gasteiger partial charge in [-0.2, -0.15) is 8.42 Å². The zero-order chi connectivity index (χ0) is 21.9. The number of fused-ring (bicyclic) bond motifs is 1. The van der Waals surface area contributed by atoms with E-state index in [-0.39, 0.29) is 23.0 Å². The number of aromatic nitrogens is 1. The third-order valence-electron chi connectivity index (χ3n) is 4.30. The standard InChI is InChI=1S/C20H21NO7S2/c1-26-17-5-7-19(27-2)20(10-17)30(24,25)13-15-9-16-8-14(12-28-29(3,22)23)4-6-18(16)21-11-15/h4-11H,12-13H2,1-3H3. The van der Waals surface area contributed by atoms with Crippen LogP contribution in [0.15, 0.2) is 53.6 Å². The zero-order valence-electron chi connectivity index (χ0n) is 16.7. The van der Waals surface area contributed by atoms with Crippen molar-refractivity contribution in [2.24, 2.45) is 0 Å². The van der Waals surface area contributed by atoms with Crippen LogP contribution >= 0.6 is 0 Å². The van der Waals surface area contributed by atoms with Crippen molar-refractivity contribution in [2.75, 3.05) is 20.5 Å². The SMILES string of the molecule is COc1ccc(OC)c(S(=O)(=O)Cc2cnc3ccc(COS(C)(=O)=O)cc3c2)c1. The highest BCUT2D eigenvalue weighted by Crippen LogP contribution is 2.31. The second kappa shape index (κ2) is 8.58. The lowest BCUT2D eigenvalue weighted by Crippen LogP contribution is -2.08. The van der Waals surface area contributed by atoms with E-state index in [2.05, 4.69) is 4.98 Å².